The lowest BCUT2D eigenvalue weighted by Gasteiger charge is -2.12. The standard InChI is InChI=1S/C23H21F3N6O2S/c1-13(30-21-11-20(23(24,25)26)32(2)31-21)29-14-6-5-7-15(8-14)35-22-16-9-18(33-3)19(34-4)10-17(16)27-12-28-22/h5-12,29H,1H2,2-4H3,(H,30,31). The summed E-state index contributed by atoms with van der Waals surface area (Å²) >= 11 is 1.42. The Labute approximate surface area is 203 Å². The molecule has 8 nitrogen and oxygen atoms in total. The highest BCUT2D eigenvalue weighted by atomic mass is 32.2. The van der Waals surface area contributed by atoms with Crippen molar-refractivity contribution in [2.75, 3.05) is 24.9 Å². The van der Waals surface area contributed by atoms with E-state index in [1.807, 2.05) is 30.3 Å². The van der Waals surface area contributed by atoms with E-state index in [9.17, 15) is 13.2 Å². The molecule has 0 aliphatic rings. The minimum atomic E-state index is -4.50. The fourth-order valence-corrected chi connectivity index (χ4v) is 4.27. The molecule has 0 bridgehead atoms. The summed E-state index contributed by atoms with van der Waals surface area (Å²) in [5.74, 6) is 1.43. The van der Waals surface area contributed by atoms with Crippen LogP contribution < -0.4 is 20.1 Å². The van der Waals surface area contributed by atoms with Crippen molar-refractivity contribution in [1.29, 1.82) is 0 Å². The van der Waals surface area contributed by atoms with Crippen LogP contribution in [-0.2, 0) is 13.2 Å². The van der Waals surface area contributed by atoms with Crippen LogP contribution in [0.15, 0.2) is 71.1 Å². The summed E-state index contributed by atoms with van der Waals surface area (Å²) in [5.41, 5.74) is 0.523. The molecule has 2 heterocycles. The number of aryl methyl sites for hydroxylation is 1. The van der Waals surface area contributed by atoms with Crippen LogP contribution in [0.1, 0.15) is 5.69 Å². The zero-order valence-electron chi connectivity index (χ0n) is 19.0. The number of ether oxygens (including phenoxy) is 2. The van der Waals surface area contributed by atoms with E-state index >= 15 is 0 Å². The molecule has 4 aromatic rings. The molecule has 0 saturated carbocycles. The largest absolute Gasteiger partial charge is 0.493 e. The number of fused-ring (bicyclic) bond motifs is 1. The molecule has 35 heavy (non-hydrogen) atoms. The van der Waals surface area contributed by atoms with E-state index in [0.29, 0.717) is 22.7 Å². The van der Waals surface area contributed by atoms with Gasteiger partial charge >= 0.3 is 6.18 Å². The maximum Gasteiger partial charge on any atom is 0.433 e. The summed E-state index contributed by atoms with van der Waals surface area (Å²) in [7, 11) is 4.35. The average molecular weight is 503 g/mol. The number of alkyl halides is 3. The van der Waals surface area contributed by atoms with Crippen LogP contribution in [0, 0.1) is 0 Å². The van der Waals surface area contributed by atoms with E-state index in [4.69, 9.17) is 9.47 Å². The Morgan fingerprint density at radius 3 is 2.46 bits per heavy atom. The molecule has 12 heteroatoms. The first-order valence-corrected chi connectivity index (χ1v) is 11.0. The normalized spacial score (nSPS) is 11.4. The molecule has 0 radical (unpaired) electrons. The average Bonchev–Trinajstić information content (AvgIpc) is 3.18. The first-order valence-electron chi connectivity index (χ1n) is 10.2. The highest BCUT2D eigenvalue weighted by Crippen LogP contribution is 2.37. The Morgan fingerprint density at radius 2 is 1.77 bits per heavy atom. The Balaban J connectivity index is 1.51. The highest BCUT2D eigenvalue weighted by molar-refractivity contribution is 7.99. The van der Waals surface area contributed by atoms with Gasteiger partial charge in [-0.15, -0.1) is 0 Å². The molecule has 182 valence electrons. The van der Waals surface area contributed by atoms with Gasteiger partial charge in [0.1, 0.15) is 22.9 Å². The van der Waals surface area contributed by atoms with Crippen LogP contribution in [0.3, 0.4) is 0 Å². The zero-order valence-corrected chi connectivity index (χ0v) is 19.8. The summed E-state index contributed by atoms with van der Waals surface area (Å²) in [6, 6.07) is 12.0. The number of hydrogen-bond acceptors (Lipinski definition) is 8. The first-order chi connectivity index (χ1) is 16.7. The second-order valence-corrected chi connectivity index (χ2v) is 8.36. The Morgan fingerprint density at radius 1 is 1.03 bits per heavy atom. The van der Waals surface area contributed by atoms with Gasteiger partial charge in [0.15, 0.2) is 17.3 Å². The number of halogens is 3. The van der Waals surface area contributed by atoms with Crippen LogP contribution in [0.2, 0.25) is 0 Å². The van der Waals surface area contributed by atoms with Gasteiger partial charge in [0.25, 0.3) is 0 Å². The number of nitrogens with one attached hydrogen (secondary N) is 2. The second-order valence-electron chi connectivity index (χ2n) is 7.30. The fraction of sp³-hybridized carbons (Fsp3) is 0.174. The van der Waals surface area contributed by atoms with E-state index in [2.05, 4.69) is 32.3 Å². The smallest absolute Gasteiger partial charge is 0.433 e. The lowest BCUT2D eigenvalue weighted by Crippen LogP contribution is -2.11. The molecular formula is C23H21F3N6O2S. The molecule has 0 aliphatic heterocycles. The van der Waals surface area contributed by atoms with Gasteiger partial charge in [-0.25, -0.2) is 9.97 Å². The van der Waals surface area contributed by atoms with Crippen molar-refractivity contribution in [3.05, 3.63) is 66.9 Å². The molecule has 4 rings (SSSR count). The SMILES string of the molecule is C=C(Nc1cccc(Sc2ncnc3cc(OC)c(OC)cc23)c1)Nc1cc(C(F)(F)F)n(C)n1. The van der Waals surface area contributed by atoms with Gasteiger partial charge in [0, 0.05) is 35.1 Å². The second kappa shape index (κ2) is 9.74. The van der Waals surface area contributed by atoms with Crippen LogP contribution in [-0.4, -0.2) is 34.0 Å². The molecule has 0 fully saturated rings. The molecule has 2 aromatic carbocycles. The van der Waals surface area contributed by atoms with E-state index in [1.165, 1.54) is 25.1 Å². The third kappa shape index (κ3) is 5.43. The molecule has 0 saturated heterocycles. The van der Waals surface area contributed by atoms with Gasteiger partial charge in [-0.1, -0.05) is 24.4 Å². The molecule has 0 spiro atoms. The van der Waals surface area contributed by atoms with Crippen LogP contribution in [0.5, 0.6) is 11.5 Å². The maximum absolute atomic E-state index is 13.0. The van der Waals surface area contributed by atoms with Gasteiger partial charge in [0.05, 0.1) is 19.7 Å². The van der Waals surface area contributed by atoms with E-state index in [1.54, 1.807) is 20.3 Å². The number of aromatic nitrogens is 4. The number of hydrogen-bond donors (Lipinski definition) is 2. The third-order valence-corrected chi connectivity index (χ3v) is 5.91. The third-order valence-electron chi connectivity index (χ3n) is 4.90. The summed E-state index contributed by atoms with van der Waals surface area (Å²) in [5, 5.41) is 11.1. The summed E-state index contributed by atoms with van der Waals surface area (Å²) in [6.07, 6.45) is -3.02. The lowest BCUT2D eigenvalue weighted by molar-refractivity contribution is -0.143. The van der Waals surface area contributed by atoms with Crippen LogP contribution >= 0.6 is 11.8 Å². The van der Waals surface area contributed by atoms with E-state index < -0.39 is 11.9 Å². The molecule has 0 unspecified atom stereocenters. The number of methoxy groups -OCH3 is 2. The molecule has 0 atom stereocenters. The van der Waals surface area contributed by atoms with Crippen LogP contribution in [0.25, 0.3) is 10.9 Å². The van der Waals surface area contributed by atoms with Crippen molar-refractivity contribution < 1.29 is 22.6 Å². The van der Waals surface area contributed by atoms with Gasteiger partial charge in [0.2, 0.25) is 0 Å². The van der Waals surface area contributed by atoms with Gasteiger partial charge in [-0.2, -0.15) is 18.3 Å². The number of rotatable bonds is 8. The summed E-state index contributed by atoms with van der Waals surface area (Å²) in [4.78, 5) is 9.60. The van der Waals surface area contributed by atoms with E-state index in [0.717, 1.165) is 26.1 Å². The predicted molar refractivity (Wildman–Crippen MR) is 128 cm³/mol. The summed E-state index contributed by atoms with van der Waals surface area (Å²) in [6.45, 7) is 3.83. The Hall–Kier alpha value is -3.93. The quantitative estimate of drug-likeness (QED) is 0.304. The van der Waals surface area contributed by atoms with Crippen molar-refractivity contribution in [2.24, 2.45) is 7.05 Å². The Bertz CT molecular complexity index is 1390. The maximum atomic E-state index is 13.0. The molecule has 0 amide bonds. The highest BCUT2D eigenvalue weighted by Gasteiger charge is 2.35. The number of benzene rings is 2. The molecule has 0 aliphatic carbocycles. The van der Waals surface area contributed by atoms with Gasteiger partial charge in [-0.05, 0) is 24.3 Å². The molecule has 2 N–H and O–H groups in total. The van der Waals surface area contributed by atoms with Crippen molar-refractivity contribution in [3.8, 4) is 11.5 Å². The minimum absolute atomic E-state index is 0.0275. The monoisotopic (exact) mass is 502 g/mol. The zero-order chi connectivity index (χ0) is 25.2. The Kier molecular flexibility index (Phi) is 6.74. The topological polar surface area (TPSA) is 86.1 Å². The summed E-state index contributed by atoms with van der Waals surface area (Å²) < 4.78 is 50.5. The predicted octanol–water partition coefficient (Wildman–Crippen LogP) is 5.55. The van der Waals surface area contributed by atoms with Crippen molar-refractivity contribution in [3.63, 3.8) is 0 Å². The molecule has 2 aromatic heterocycles. The van der Waals surface area contributed by atoms with Gasteiger partial charge in [-0.3, -0.25) is 4.68 Å². The minimum Gasteiger partial charge on any atom is -0.493 e. The lowest BCUT2D eigenvalue weighted by atomic mass is 10.2. The first kappa shape index (κ1) is 24.2. The van der Waals surface area contributed by atoms with Crippen LogP contribution in [0.4, 0.5) is 24.7 Å². The van der Waals surface area contributed by atoms with Crippen molar-refractivity contribution in [2.45, 2.75) is 16.1 Å². The van der Waals surface area contributed by atoms with Crippen molar-refractivity contribution in [1.82, 2.24) is 19.7 Å². The van der Waals surface area contributed by atoms with Gasteiger partial charge < -0.3 is 20.1 Å². The number of nitrogens with zero attached hydrogens (tertiary/aromatic N) is 4. The fourth-order valence-electron chi connectivity index (χ4n) is 3.34. The van der Waals surface area contributed by atoms with Crippen molar-refractivity contribution >= 4 is 34.2 Å². The number of anilines is 2. The van der Waals surface area contributed by atoms with E-state index in [-0.39, 0.29) is 11.6 Å². The molecular weight excluding hydrogens is 481 g/mol.